The number of rotatable bonds is 7. The minimum atomic E-state index is 0.521. The summed E-state index contributed by atoms with van der Waals surface area (Å²) < 4.78 is 12.4. The van der Waals surface area contributed by atoms with E-state index in [-0.39, 0.29) is 0 Å². The first-order chi connectivity index (χ1) is 11.8. The molecule has 0 aliphatic heterocycles. The van der Waals surface area contributed by atoms with Gasteiger partial charge in [0, 0.05) is 27.9 Å². The number of hydrogen-bond donors (Lipinski definition) is 1. The lowest BCUT2D eigenvalue weighted by Gasteiger charge is -2.10. The highest BCUT2D eigenvalue weighted by atomic mass is 79.9. The molecule has 0 unspecified atom stereocenters. The van der Waals surface area contributed by atoms with Crippen LogP contribution in [0.15, 0.2) is 63.6 Å². The predicted octanol–water partition coefficient (Wildman–Crippen LogP) is 5.25. The van der Waals surface area contributed by atoms with Gasteiger partial charge in [-0.1, -0.05) is 52.3 Å². The molecule has 5 heteroatoms. The van der Waals surface area contributed by atoms with Gasteiger partial charge in [0.2, 0.25) is 5.89 Å². The fourth-order valence-corrected chi connectivity index (χ4v) is 2.86. The van der Waals surface area contributed by atoms with E-state index >= 15 is 0 Å². The molecule has 0 fully saturated rings. The van der Waals surface area contributed by atoms with Gasteiger partial charge in [-0.3, -0.25) is 0 Å². The Labute approximate surface area is 150 Å². The monoisotopic (exact) mass is 386 g/mol. The van der Waals surface area contributed by atoms with Gasteiger partial charge in [-0.15, -0.1) is 0 Å². The van der Waals surface area contributed by atoms with Crippen molar-refractivity contribution in [1.29, 1.82) is 0 Å². The van der Waals surface area contributed by atoms with Gasteiger partial charge in [0.1, 0.15) is 0 Å². The Kier molecular flexibility index (Phi) is 5.67. The zero-order valence-electron chi connectivity index (χ0n) is 13.5. The lowest BCUT2D eigenvalue weighted by Crippen LogP contribution is -2.03. The number of nitrogens with zero attached hydrogens (tertiary/aromatic N) is 1. The van der Waals surface area contributed by atoms with Crippen LogP contribution < -0.4 is 5.32 Å². The fourth-order valence-electron chi connectivity index (χ4n) is 2.38. The first-order valence-corrected chi connectivity index (χ1v) is 8.66. The van der Waals surface area contributed by atoms with Crippen molar-refractivity contribution in [2.45, 2.75) is 20.1 Å². The molecule has 3 aromatic rings. The van der Waals surface area contributed by atoms with Gasteiger partial charge in [-0.05, 0) is 19.1 Å². The largest absolute Gasteiger partial charge is 0.439 e. The molecule has 24 heavy (non-hydrogen) atoms. The second kappa shape index (κ2) is 8.13. The average Bonchev–Trinajstić information content (AvgIpc) is 3.08. The number of nitrogens with one attached hydrogen (secondary N) is 1. The molecule has 4 nitrogen and oxygen atoms in total. The van der Waals surface area contributed by atoms with Crippen molar-refractivity contribution in [3.8, 4) is 11.3 Å². The maximum absolute atomic E-state index is 5.86. The summed E-state index contributed by atoms with van der Waals surface area (Å²) in [5, 5.41) is 3.37. The predicted molar refractivity (Wildman–Crippen MR) is 98.7 cm³/mol. The van der Waals surface area contributed by atoms with E-state index in [1.807, 2.05) is 49.4 Å². The van der Waals surface area contributed by atoms with Crippen LogP contribution in [0.5, 0.6) is 0 Å². The van der Waals surface area contributed by atoms with Gasteiger partial charge >= 0.3 is 0 Å². The van der Waals surface area contributed by atoms with Gasteiger partial charge in [0.15, 0.2) is 5.76 Å². The molecule has 0 spiro atoms. The number of anilines is 1. The number of halogens is 1. The SMILES string of the molecule is CCOCc1ccccc1NCc1ncc(-c2ccccc2Br)o1. The summed E-state index contributed by atoms with van der Waals surface area (Å²) in [5.41, 5.74) is 3.15. The third-order valence-corrected chi connectivity index (χ3v) is 4.29. The zero-order valence-corrected chi connectivity index (χ0v) is 15.0. The number of oxazole rings is 1. The number of benzene rings is 2. The Balaban J connectivity index is 1.69. The van der Waals surface area contributed by atoms with Gasteiger partial charge < -0.3 is 14.5 Å². The smallest absolute Gasteiger partial charge is 0.214 e. The summed E-state index contributed by atoms with van der Waals surface area (Å²) in [7, 11) is 0. The van der Waals surface area contributed by atoms with E-state index in [1.54, 1.807) is 6.20 Å². The summed E-state index contributed by atoms with van der Waals surface area (Å²) >= 11 is 3.53. The molecule has 0 amide bonds. The van der Waals surface area contributed by atoms with E-state index in [0.29, 0.717) is 25.6 Å². The van der Waals surface area contributed by atoms with Crippen LogP contribution in [0.4, 0.5) is 5.69 Å². The second-order valence-corrected chi connectivity index (χ2v) is 6.10. The van der Waals surface area contributed by atoms with Crippen molar-refractivity contribution in [1.82, 2.24) is 4.98 Å². The number of ether oxygens (including phenoxy) is 1. The second-order valence-electron chi connectivity index (χ2n) is 5.25. The lowest BCUT2D eigenvalue weighted by molar-refractivity contribution is 0.134. The maximum atomic E-state index is 5.86. The molecule has 3 rings (SSSR count). The van der Waals surface area contributed by atoms with E-state index in [9.17, 15) is 0 Å². The van der Waals surface area contributed by atoms with E-state index in [2.05, 4.69) is 32.3 Å². The van der Waals surface area contributed by atoms with E-state index < -0.39 is 0 Å². The van der Waals surface area contributed by atoms with Crippen molar-refractivity contribution < 1.29 is 9.15 Å². The fraction of sp³-hybridized carbons (Fsp3) is 0.211. The molecule has 0 aliphatic rings. The molecule has 1 N–H and O–H groups in total. The van der Waals surface area contributed by atoms with Crippen molar-refractivity contribution in [2.24, 2.45) is 0 Å². The van der Waals surface area contributed by atoms with Gasteiger partial charge in [0.05, 0.1) is 19.3 Å². The molecular weight excluding hydrogens is 368 g/mol. The normalized spacial score (nSPS) is 10.8. The topological polar surface area (TPSA) is 47.3 Å². The number of aromatic nitrogens is 1. The molecule has 124 valence electrons. The minimum Gasteiger partial charge on any atom is -0.439 e. The molecule has 1 heterocycles. The standard InChI is InChI=1S/C19H19BrN2O2/c1-2-23-13-14-7-3-6-10-17(14)21-12-19-22-11-18(24-19)15-8-4-5-9-16(15)20/h3-11,21H,2,12-13H2,1H3. The molecule has 0 saturated carbocycles. The van der Waals surface area contributed by atoms with Crippen molar-refractivity contribution in [3.63, 3.8) is 0 Å². The molecule has 0 saturated heterocycles. The lowest BCUT2D eigenvalue weighted by atomic mass is 10.2. The van der Waals surface area contributed by atoms with Crippen LogP contribution in [0.25, 0.3) is 11.3 Å². The van der Waals surface area contributed by atoms with Crippen LogP contribution >= 0.6 is 15.9 Å². The summed E-state index contributed by atoms with van der Waals surface area (Å²) in [6.45, 7) is 3.80. The molecule has 0 radical (unpaired) electrons. The van der Waals surface area contributed by atoms with Gasteiger partial charge in [-0.2, -0.15) is 0 Å². The summed E-state index contributed by atoms with van der Waals surface area (Å²) in [6.07, 6.45) is 1.75. The quantitative estimate of drug-likeness (QED) is 0.601. The highest BCUT2D eigenvalue weighted by Gasteiger charge is 2.09. The van der Waals surface area contributed by atoms with Crippen LogP contribution in [0, 0.1) is 0 Å². The summed E-state index contributed by atoms with van der Waals surface area (Å²) in [6, 6.07) is 16.0. The molecule has 0 bridgehead atoms. The molecule has 1 aromatic heterocycles. The number of para-hydroxylation sites is 1. The summed E-state index contributed by atoms with van der Waals surface area (Å²) in [5.74, 6) is 1.40. The van der Waals surface area contributed by atoms with E-state index in [1.165, 1.54) is 0 Å². The van der Waals surface area contributed by atoms with Crippen LogP contribution in [0.1, 0.15) is 18.4 Å². The van der Waals surface area contributed by atoms with Crippen LogP contribution in [0.2, 0.25) is 0 Å². The minimum absolute atomic E-state index is 0.521. The van der Waals surface area contributed by atoms with Crippen LogP contribution in [-0.2, 0) is 17.9 Å². The van der Waals surface area contributed by atoms with Crippen LogP contribution in [0.3, 0.4) is 0 Å². The zero-order chi connectivity index (χ0) is 16.8. The Morgan fingerprint density at radius 3 is 2.75 bits per heavy atom. The highest BCUT2D eigenvalue weighted by Crippen LogP contribution is 2.28. The van der Waals surface area contributed by atoms with Gasteiger partial charge in [-0.25, -0.2) is 4.98 Å². The molecule has 0 aliphatic carbocycles. The van der Waals surface area contributed by atoms with E-state index in [4.69, 9.17) is 9.15 Å². The van der Waals surface area contributed by atoms with Gasteiger partial charge in [0.25, 0.3) is 0 Å². The van der Waals surface area contributed by atoms with Crippen molar-refractivity contribution >= 4 is 21.6 Å². The third-order valence-electron chi connectivity index (χ3n) is 3.60. The molecule has 2 aromatic carbocycles. The Morgan fingerprint density at radius 1 is 1.12 bits per heavy atom. The first kappa shape index (κ1) is 16.7. The van der Waals surface area contributed by atoms with Crippen molar-refractivity contribution in [3.05, 3.63) is 70.7 Å². The Morgan fingerprint density at radius 2 is 1.92 bits per heavy atom. The Bertz CT molecular complexity index is 801. The number of hydrogen-bond acceptors (Lipinski definition) is 4. The third kappa shape index (κ3) is 4.04. The Hall–Kier alpha value is -2.11. The van der Waals surface area contributed by atoms with Crippen molar-refractivity contribution in [2.75, 3.05) is 11.9 Å². The first-order valence-electron chi connectivity index (χ1n) is 7.87. The highest BCUT2D eigenvalue weighted by molar-refractivity contribution is 9.10. The van der Waals surface area contributed by atoms with E-state index in [0.717, 1.165) is 27.0 Å². The summed E-state index contributed by atoms with van der Waals surface area (Å²) in [4.78, 5) is 4.36. The maximum Gasteiger partial charge on any atom is 0.214 e. The average molecular weight is 387 g/mol. The van der Waals surface area contributed by atoms with Crippen LogP contribution in [-0.4, -0.2) is 11.6 Å². The molecular formula is C19H19BrN2O2. The molecule has 0 atom stereocenters.